The molecule has 63 heavy (non-hydrogen) atoms. The maximum atomic E-state index is 6.76. The zero-order valence-electron chi connectivity index (χ0n) is 35.2. The van der Waals surface area contributed by atoms with Gasteiger partial charge in [0.05, 0.1) is 33.4 Å². The zero-order valence-corrected chi connectivity index (χ0v) is 35.2. The molecule has 0 unspecified atom stereocenters. The topological polar surface area (TPSA) is 35.9 Å². The monoisotopic (exact) mass is 812 g/mol. The van der Waals surface area contributed by atoms with E-state index in [1.54, 1.807) is 0 Å². The molecule has 5 nitrogen and oxygen atoms in total. The molecule has 0 saturated heterocycles. The summed E-state index contributed by atoms with van der Waals surface area (Å²) < 4.78 is 13.4. The van der Waals surface area contributed by atoms with Crippen molar-refractivity contribution in [2.24, 2.45) is 0 Å². The number of rotatable bonds is 10. The van der Waals surface area contributed by atoms with Crippen LogP contribution in [0.4, 0.5) is 0 Å². The summed E-state index contributed by atoms with van der Waals surface area (Å²) in [6.07, 6.45) is 6.62. The van der Waals surface area contributed by atoms with Crippen LogP contribution < -0.4 is 9.30 Å². The lowest BCUT2D eigenvalue weighted by Crippen LogP contribution is -2.31. The summed E-state index contributed by atoms with van der Waals surface area (Å²) in [7, 11) is 0. The van der Waals surface area contributed by atoms with Gasteiger partial charge in [-0.25, -0.2) is 4.98 Å². The van der Waals surface area contributed by atoms with Gasteiger partial charge in [-0.15, -0.1) is 0 Å². The van der Waals surface area contributed by atoms with E-state index in [0.29, 0.717) is 0 Å². The highest BCUT2D eigenvalue weighted by molar-refractivity contribution is 6.09. The number of ether oxygens (including phenoxy) is 1. The second-order valence-corrected chi connectivity index (χ2v) is 16.8. The van der Waals surface area contributed by atoms with E-state index >= 15 is 0 Å². The number of benzene rings is 8. The highest BCUT2D eigenvalue weighted by atomic mass is 16.5. The van der Waals surface area contributed by atoms with Gasteiger partial charge >= 0.3 is 0 Å². The van der Waals surface area contributed by atoms with E-state index in [0.717, 1.165) is 84.8 Å². The predicted octanol–water partition coefficient (Wildman–Crippen LogP) is 13.8. The lowest BCUT2D eigenvalue weighted by Gasteiger charge is -2.25. The van der Waals surface area contributed by atoms with Gasteiger partial charge in [0.15, 0.2) is 0 Å². The van der Waals surface area contributed by atoms with Gasteiger partial charge in [0.25, 0.3) is 6.33 Å². The van der Waals surface area contributed by atoms with Gasteiger partial charge in [-0.1, -0.05) is 172 Å². The summed E-state index contributed by atoms with van der Waals surface area (Å²) >= 11 is 0. The average molecular weight is 813 g/mol. The van der Waals surface area contributed by atoms with Crippen molar-refractivity contribution < 1.29 is 9.30 Å². The highest BCUT2D eigenvalue weighted by Gasteiger charge is 2.23. The van der Waals surface area contributed by atoms with Crippen molar-refractivity contribution in [3.63, 3.8) is 0 Å². The fourth-order valence-electron chi connectivity index (χ4n) is 9.18. The van der Waals surface area contributed by atoms with Crippen LogP contribution in [0.1, 0.15) is 25.0 Å². The van der Waals surface area contributed by atoms with Crippen molar-refractivity contribution in [2.75, 3.05) is 0 Å². The number of aromatic nitrogens is 4. The standard InChI is InChI=1S/C58H44N4O/c1-58(2,44-22-10-5-11-23-44)39-41-34-35-59-56(36-41)62-52-29-13-12-26-50(52)51-33-32-47(38-55(51)62)63-46-25-16-24-45(37-46)60-40-61(54-31-15-14-30-53(54)60)57-48(42-18-6-3-7-19-42)27-17-28-49(57)43-20-8-4-9-21-43/h3-38H,39H2,1-2H3. The Balaban J connectivity index is 0.983. The Morgan fingerprint density at radius 1 is 0.540 bits per heavy atom. The maximum Gasteiger partial charge on any atom is 0.269 e. The Hall–Kier alpha value is -8.02. The van der Waals surface area contributed by atoms with Gasteiger partial charge in [0.1, 0.15) is 17.3 Å². The van der Waals surface area contributed by atoms with Crippen LogP contribution in [0.2, 0.25) is 0 Å². The number of imidazole rings is 1. The van der Waals surface area contributed by atoms with Crippen LogP contribution in [0.3, 0.4) is 0 Å². The molecule has 11 rings (SSSR count). The minimum absolute atomic E-state index is 0.0427. The summed E-state index contributed by atoms with van der Waals surface area (Å²) in [6.45, 7) is 4.62. The van der Waals surface area contributed by atoms with Crippen molar-refractivity contribution >= 4 is 32.8 Å². The van der Waals surface area contributed by atoms with E-state index in [1.807, 2.05) is 18.3 Å². The van der Waals surface area contributed by atoms with Crippen LogP contribution in [0, 0.1) is 6.33 Å². The van der Waals surface area contributed by atoms with Crippen LogP contribution in [-0.4, -0.2) is 14.1 Å². The Kier molecular flexibility index (Phi) is 9.51. The SMILES string of the molecule is CC(C)(Cc1ccnc(-n2c3ccccc3c3ccc(Oc4cccc(-n5[c-][n+](-c6c(-c7ccccc7)cccc6-c6ccccc6)c6ccccc65)c4)cc32)c1)c1ccccc1. The van der Waals surface area contributed by atoms with Crippen LogP contribution in [0.5, 0.6) is 11.5 Å². The molecule has 0 aliphatic rings. The zero-order chi connectivity index (χ0) is 42.3. The Bertz CT molecular complexity index is 3360. The first-order valence-corrected chi connectivity index (χ1v) is 21.5. The molecule has 302 valence electrons. The van der Waals surface area contributed by atoms with Crippen LogP contribution >= 0.6 is 0 Å². The first-order valence-electron chi connectivity index (χ1n) is 21.5. The second-order valence-electron chi connectivity index (χ2n) is 16.8. The molecular formula is C58H44N4O. The second kappa shape index (κ2) is 15.8. The van der Waals surface area contributed by atoms with Gasteiger partial charge in [0.2, 0.25) is 0 Å². The molecule has 0 fully saturated rings. The molecule has 11 aromatic rings. The lowest BCUT2D eigenvalue weighted by molar-refractivity contribution is -0.571. The third-order valence-corrected chi connectivity index (χ3v) is 12.2. The minimum atomic E-state index is -0.0427. The highest BCUT2D eigenvalue weighted by Crippen LogP contribution is 2.38. The van der Waals surface area contributed by atoms with E-state index in [4.69, 9.17) is 9.72 Å². The third kappa shape index (κ3) is 7.04. The lowest BCUT2D eigenvalue weighted by atomic mass is 9.79. The number of hydrogen-bond acceptors (Lipinski definition) is 2. The molecular weight excluding hydrogens is 769 g/mol. The molecule has 0 amide bonds. The van der Waals surface area contributed by atoms with Crippen LogP contribution in [0.25, 0.3) is 72.3 Å². The van der Waals surface area contributed by atoms with Crippen LogP contribution in [-0.2, 0) is 11.8 Å². The van der Waals surface area contributed by atoms with Gasteiger partial charge in [-0.2, -0.15) is 0 Å². The maximum absolute atomic E-state index is 6.76. The van der Waals surface area contributed by atoms with Gasteiger partial charge < -0.3 is 4.74 Å². The van der Waals surface area contributed by atoms with E-state index in [-0.39, 0.29) is 5.41 Å². The van der Waals surface area contributed by atoms with E-state index in [1.165, 1.54) is 16.5 Å². The molecule has 3 aromatic heterocycles. The van der Waals surface area contributed by atoms with Gasteiger partial charge in [-0.05, 0) is 93.7 Å². The fourth-order valence-corrected chi connectivity index (χ4v) is 9.18. The fraction of sp³-hybridized carbons (Fsp3) is 0.0690. The quantitative estimate of drug-likeness (QED) is 0.102. The molecule has 3 heterocycles. The number of para-hydroxylation sites is 4. The normalized spacial score (nSPS) is 11.7. The molecule has 0 radical (unpaired) electrons. The smallest absolute Gasteiger partial charge is 0.269 e. The van der Waals surface area contributed by atoms with Crippen molar-refractivity contribution in [2.45, 2.75) is 25.7 Å². The van der Waals surface area contributed by atoms with Crippen molar-refractivity contribution in [1.29, 1.82) is 0 Å². The number of fused-ring (bicyclic) bond motifs is 4. The summed E-state index contributed by atoms with van der Waals surface area (Å²) in [5, 5.41) is 2.32. The van der Waals surface area contributed by atoms with E-state index in [9.17, 15) is 0 Å². The van der Waals surface area contributed by atoms with Crippen molar-refractivity contribution in [3.05, 3.63) is 236 Å². The van der Waals surface area contributed by atoms with Crippen LogP contribution in [0.15, 0.2) is 219 Å². The summed E-state index contributed by atoms with van der Waals surface area (Å²) in [5.74, 6) is 2.35. The molecule has 0 bridgehead atoms. The number of hydrogen-bond donors (Lipinski definition) is 0. The molecule has 0 aliphatic carbocycles. The average Bonchev–Trinajstić information content (AvgIpc) is 3.88. The summed E-state index contributed by atoms with van der Waals surface area (Å²) in [4.78, 5) is 4.95. The first-order chi connectivity index (χ1) is 31.0. The summed E-state index contributed by atoms with van der Waals surface area (Å²) in [5.41, 5.74) is 13.3. The largest absolute Gasteiger partial charge is 0.458 e. The Morgan fingerprint density at radius 2 is 1.16 bits per heavy atom. The Morgan fingerprint density at radius 3 is 1.90 bits per heavy atom. The molecule has 0 atom stereocenters. The minimum Gasteiger partial charge on any atom is -0.458 e. The molecule has 0 N–H and O–H groups in total. The Labute approximate surface area is 367 Å². The molecule has 0 aliphatic heterocycles. The van der Waals surface area contributed by atoms with Gasteiger partial charge in [0, 0.05) is 23.0 Å². The first kappa shape index (κ1) is 37.9. The van der Waals surface area contributed by atoms with Crippen molar-refractivity contribution in [1.82, 2.24) is 14.1 Å². The number of pyridine rings is 1. The van der Waals surface area contributed by atoms with Gasteiger partial charge in [-0.3, -0.25) is 13.7 Å². The third-order valence-electron chi connectivity index (χ3n) is 12.2. The van der Waals surface area contributed by atoms with E-state index < -0.39 is 0 Å². The van der Waals surface area contributed by atoms with E-state index in [2.05, 4.69) is 234 Å². The molecule has 0 spiro atoms. The number of nitrogens with zero attached hydrogens (tertiary/aromatic N) is 4. The van der Waals surface area contributed by atoms with Crippen molar-refractivity contribution in [3.8, 4) is 50.9 Å². The summed E-state index contributed by atoms with van der Waals surface area (Å²) in [6, 6.07) is 74.6. The molecule has 5 heteroatoms. The predicted molar refractivity (Wildman–Crippen MR) is 256 cm³/mol. The molecule has 8 aromatic carbocycles. The molecule has 0 saturated carbocycles.